The maximum absolute atomic E-state index is 12.4. The number of carbonyl (C=O) groups excluding carboxylic acids is 1. The Kier molecular flexibility index (Phi) is 5.92. The van der Waals surface area contributed by atoms with E-state index in [0.29, 0.717) is 6.61 Å². The number of hydrogen-bond donors (Lipinski definition) is 1. The molecular weight excluding hydrogens is 298 g/mol. The molecule has 0 aliphatic rings. The summed E-state index contributed by atoms with van der Waals surface area (Å²) in [4.78, 5) is 24.3. The van der Waals surface area contributed by atoms with Gasteiger partial charge in [-0.15, -0.1) is 0 Å². The molecule has 21 heavy (non-hydrogen) atoms. The highest BCUT2D eigenvalue weighted by Crippen LogP contribution is 2.33. The molecule has 1 atom stereocenters. The molecule has 1 rings (SSSR count). The smallest absolute Gasteiger partial charge is 0.294 e. The molecule has 0 bridgehead atoms. The van der Waals surface area contributed by atoms with E-state index in [1.54, 1.807) is 7.05 Å². The number of nitrogens with one attached hydrogen (secondary N) is 1. The van der Waals surface area contributed by atoms with Gasteiger partial charge in [0, 0.05) is 32.8 Å². The number of halogens is 1. The minimum absolute atomic E-state index is 0.128. The first-order valence-electron chi connectivity index (χ1n) is 6.25. The maximum atomic E-state index is 12.4. The molecule has 0 saturated carbocycles. The molecule has 1 N–H and O–H groups in total. The summed E-state index contributed by atoms with van der Waals surface area (Å²) < 4.78 is 4.99. The van der Waals surface area contributed by atoms with E-state index in [2.05, 4.69) is 5.32 Å². The van der Waals surface area contributed by atoms with E-state index in [1.807, 2.05) is 6.92 Å². The van der Waals surface area contributed by atoms with Gasteiger partial charge in [0.15, 0.2) is 0 Å². The highest BCUT2D eigenvalue weighted by Gasteiger charge is 2.24. The number of carbonyl (C=O) groups is 1. The molecule has 0 aliphatic heterocycles. The van der Waals surface area contributed by atoms with Gasteiger partial charge in [-0.1, -0.05) is 11.6 Å². The van der Waals surface area contributed by atoms with Crippen LogP contribution in [0.5, 0.6) is 0 Å². The van der Waals surface area contributed by atoms with E-state index in [0.717, 1.165) is 0 Å². The van der Waals surface area contributed by atoms with E-state index in [1.165, 1.54) is 31.2 Å². The number of anilines is 1. The highest BCUT2D eigenvalue weighted by molar-refractivity contribution is 6.34. The molecule has 1 aromatic carbocycles. The molecule has 1 amide bonds. The summed E-state index contributed by atoms with van der Waals surface area (Å²) in [5, 5.41) is 13.9. The molecule has 0 heterocycles. The zero-order valence-corrected chi connectivity index (χ0v) is 13.1. The SMILES string of the molecule is CNc1c(Cl)cc(C(=O)N(C)C(C)COC)cc1[N+](=O)[O-]. The quantitative estimate of drug-likeness (QED) is 0.643. The van der Waals surface area contributed by atoms with Crippen LogP contribution in [0.25, 0.3) is 0 Å². The van der Waals surface area contributed by atoms with Crippen LogP contribution in [-0.4, -0.2) is 49.6 Å². The summed E-state index contributed by atoms with van der Waals surface area (Å²) in [5.74, 6) is -0.354. The lowest BCUT2D eigenvalue weighted by Crippen LogP contribution is -2.37. The van der Waals surface area contributed by atoms with Crippen LogP contribution < -0.4 is 5.32 Å². The highest BCUT2D eigenvalue weighted by atomic mass is 35.5. The number of likely N-dealkylation sites (N-methyl/N-ethyl adjacent to an activating group) is 1. The van der Waals surface area contributed by atoms with Crippen LogP contribution in [0.2, 0.25) is 5.02 Å². The lowest BCUT2D eigenvalue weighted by Gasteiger charge is -2.24. The van der Waals surface area contributed by atoms with Crippen LogP contribution in [0.1, 0.15) is 17.3 Å². The first kappa shape index (κ1) is 17.2. The van der Waals surface area contributed by atoms with Gasteiger partial charge in [0.2, 0.25) is 0 Å². The van der Waals surface area contributed by atoms with Gasteiger partial charge < -0.3 is 15.0 Å². The van der Waals surface area contributed by atoms with Crippen LogP contribution in [0.3, 0.4) is 0 Å². The van der Waals surface area contributed by atoms with Gasteiger partial charge in [-0.25, -0.2) is 0 Å². The van der Waals surface area contributed by atoms with Crippen molar-refractivity contribution in [3.8, 4) is 0 Å². The van der Waals surface area contributed by atoms with Crippen molar-refractivity contribution in [1.29, 1.82) is 0 Å². The Hall–Kier alpha value is -1.86. The summed E-state index contributed by atoms with van der Waals surface area (Å²) in [6, 6.07) is 2.47. The van der Waals surface area contributed by atoms with Crippen molar-refractivity contribution in [2.45, 2.75) is 13.0 Å². The summed E-state index contributed by atoms with van der Waals surface area (Å²) in [7, 11) is 4.68. The lowest BCUT2D eigenvalue weighted by atomic mass is 10.1. The number of rotatable bonds is 6. The number of ether oxygens (including phenoxy) is 1. The number of methoxy groups -OCH3 is 1. The van der Waals surface area contributed by atoms with Gasteiger partial charge in [-0.05, 0) is 13.0 Å². The van der Waals surface area contributed by atoms with Gasteiger partial charge in [0.25, 0.3) is 11.6 Å². The minimum atomic E-state index is -0.576. The molecule has 0 aliphatic carbocycles. The van der Waals surface area contributed by atoms with Crippen molar-refractivity contribution < 1.29 is 14.5 Å². The van der Waals surface area contributed by atoms with Crippen molar-refractivity contribution in [2.24, 2.45) is 0 Å². The van der Waals surface area contributed by atoms with Crippen molar-refractivity contribution >= 4 is 28.9 Å². The summed E-state index contributed by atoms with van der Waals surface area (Å²) >= 11 is 6.01. The molecule has 8 heteroatoms. The van der Waals surface area contributed by atoms with E-state index < -0.39 is 4.92 Å². The Morgan fingerprint density at radius 1 is 1.57 bits per heavy atom. The molecule has 0 aromatic heterocycles. The van der Waals surface area contributed by atoms with Crippen LogP contribution in [-0.2, 0) is 4.74 Å². The molecule has 0 radical (unpaired) electrons. The molecule has 0 fully saturated rings. The predicted octanol–water partition coefficient (Wildman–Crippen LogP) is 2.40. The summed E-state index contributed by atoms with van der Waals surface area (Å²) in [5.41, 5.74) is 0.114. The van der Waals surface area contributed by atoms with E-state index in [9.17, 15) is 14.9 Å². The number of nitrogens with zero attached hydrogens (tertiary/aromatic N) is 2. The second-order valence-electron chi connectivity index (χ2n) is 4.58. The summed E-state index contributed by atoms with van der Waals surface area (Å²) in [6.07, 6.45) is 0. The fraction of sp³-hybridized carbons (Fsp3) is 0.462. The van der Waals surface area contributed by atoms with Gasteiger partial charge in [0.1, 0.15) is 5.69 Å². The predicted molar refractivity (Wildman–Crippen MR) is 81.1 cm³/mol. The zero-order valence-electron chi connectivity index (χ0n) is 12.3. The summed E-state index contributed by atoms with van der Waals surface area (Å²) in [6.45, 7) is 2.19. The number of nitro benzene ring substituents is 1. The number of nitro groups is 1. The van der Waals surface area contributed by atoms with Crippen LogP contribution in [0, 0.1) is 10.1 Å². The van der Waals surface area contributed by atoms with Gasteiger partial charge in [-0.3, -0.25) is 14.9 Å². The molecular formula is C13H18ClN3O4. The largest absolute Gasteiger partial charge is 0.383 e. The third kappa shape index (κ3) is 3.83. The molecule has 0 spiro atoms. The maximum Gasteiger partial charge on any atom is 0.294 e. The Morgan fingerprint density at radius 2 is 2.19 bits per heavy atom. The average molecular weight is 316 g/mol. The molecule has 1 unspecified atom stereocenters. The normalized spacial score (nSPS) is 11.9. The molecule has 0 saturated heterocycles. The molecule has 116 valence electrons. The minimum Gasteiger partial charge on any atom is -0.383 e. The fourth-order valence-corrected chi connectivity index (χ4v) is 2.17. The fourth-order valence-electron chi connectivity index (χ4n) is 1.86. The van der Waals surface area contributed by atoms with Crippen LogP contribution >= 0.6 is 11.6 Å². The Bertz CT molecular complexity index is 550. The lowest BCUT2D eigenvalue weighted by molar-refractivity contribution is -0.384. The molecule has 7 nitrogen and oxygen atoms in total. The first-order chi connectivity index (χ1) is 9.83. The topological polar surface area (TPSA) is 84.7 Å². The second-order valence-corrected chi connectivity index (χ2v) is 4.99. The third-order valence-electron chi connectivity index (χ3n) is 3.15. The zero-order chi connectivity index (χ0) is 16.2. The van der Waals surface area contributed by atoms with Gasteiger partial charge in [-0.2, -0.15) is 0 Å². The number of benzene rings is 1. The second kappa shape index (κ2) is 7.24. The van der Waals surface area contributed by atoms with Crippen molar-refractivity contribution in [3.05, 3.63) is 32.8 Å². The van der Waals surface area contributed by atoms with Crippen LogP contribution in [0.4, 0.5) is 11.4 Å². The van der Waals surface area contributed by atoms with Crippen molar-refractivity contribution in [1.82, 2.24) is 4.90 Å². The average Bonchev–Trinajstić information content (AvgIpc) is 2.44. The van der Waals surface area contributed by atoms with Crippen molar-refractivity contribution in [2.75, 3.05) is 33.1 Å². The number of hydrogen-bond acceptors (Lipinski definition) is 5. The van der Waals surface area contributed by atoms with E-state index in [-0.39, 0.29) is 33.9 Å². The van der Waals surface area contributed by atoms with Crippen LogP contribution in [0.15, 0.2) is 12.1 Å². The van der Waals surface area contributed by atoms with Crippen molar-refractivity contribution in [3.63, 3.8) is 0 Å². The van der Waals surface area contributed by atoms with Gasteiger partial charge >= 0.3 is 0 Å². The Morgan fingerprint density at radius 3 is 2.67 bits per heavy atom. The van der Waals surface area contributed by atoms with E-state index >= 15 is 0 Å². The molecule has 1 aromatic rings. The standard InChI is InChI=1S/C13H18ClN3O4/c1-8(7-21-4)16(3)13(18)9-5-10(14)12(15-2)11(6-9)17(19)20/h5-6,8,15H,7H2,1-4H3. The third-order valence-corrected chi connectivity index (χ3v) is 3.45. The first-order valence-corrected chi connectivity index (χ1v) is 6.63. The Balaban J connectivity index is 3.19. The monoisotopic (exact) mass is 315 g/mol. The number of amides is 1. The Labute approximate surface area is 128 Å². The van der Waals surface area contributed by atoms with Gasteiger partial charge in [0.05, 0.1) is 22.6 Å². The van der Waals surface area contributed by atoms with E-state index in [4.69, 9.17) is 16.3 Å².